The van der Waals surface area contributed by atoms with Gasteiger partial charge in [0.1, 0.15) is 11.3 Å². The first-order chi connectivity index (χ1) is 14.7. The maximum absolute atomic E-state index is 12.6. The minimum atomic E-state index is -0.737. The van der Waals surface area contributed by atoms with Crippen LogP contribution in [-0.2, 0) is 11.3 Å². The van der Waals surface area contributed by atoms with Crippen LogP contribution >= 0.6 is 11.8 Å². The van der Waals surface area contributed by atoms with Crippen molar-refractivity contribution in [3.8, 4) is 17.5 Å². The van der Waals surface area contributed by atoms with Gasteiger partial charge in [-0.15, -0.1) is 10.2 Å². The van der Waals surface area contributed by atoms with Crippen molar-refractivity contribution < 1.29 is 9.21 Å². The summed E-state index contributed by atoms with van der Waals surface area (Å²) in [6, 6.07) is 9.78. The van der Waals surface area contributed by atoms with Crippen LogP contribution < -0.4 is 5.32 Å². The molecule has 0 radical (unpaired) electrons. The molecule has 0 saturated heterocycles. The molecular formula is C21H22N6O2S. The van der Waals surface area contributed by atoms with E-state index in [1.54, 1.807) is 18.7 Å². The Kier molecular flexibility index (Phi) is 6.14. The van der Waals surface area contributed by atoms with Crippen molar-refractivity contribution in [1.82, 2.24) is 25.1 Å². The average Bonchev–Trinajstić information content (AvgIpc) is 3.44. The molecule has 1 amide bonds. The zero-order chi connectivity index (χ0) is 20.8. The molecule has 0 aromatic carbocycles. The summed E-state index contributed by atoms with van der Waals surface area (Å²) in [5.41, 5.74) is 0.0944. The topological polar surface area (TPSA) is 110 Å². The van der Waals surface area contributed by atoms with Crippen molar-refractivity contribution in [3.63, 3.8) is 0 Å². The quantitative estimate of drug-likeness (QED) is 0.581. The lowest BCUT2D eigenvalue weighted by Crippen LogP contribution is -2.49. The minimum absolute atomic E-state index is 0.159. The molecule has 0 bridgehead atoms. The van der Waals surface area contributed by atoms with Crippen molar-refractivity contribution >= 4 is 17.7 Å². The molecule has 3 aromatic rings. The first-order valence-electron chi connectivity index (χ1n) is 9.90. The summed E-state index contributed by atoms with van der Waals surface area (Å²) in [7, 11) is 0. The standard InChI is InChI=1S/C21H22N6O2S/c22-15-21(8-2-1-3-9-21)24-18(28)14-30-20-26-25-19(16-6-4-10-23-12-16)27(20)13-17-7-5-11-29-17/h4-7,10-12H,1-3,8-9,13-14H2,(H,24,28). The van der Waals surface area contributed by atoms with Gasteiger partial charge >= 0.3 is 0 Å². The third kappa shape index (κ3) is 4.54. The summed E-state index contributed by atoms with van der Waals surface area (Å²) in [5.74, 6) is 1.41. The van der Waals surface area contributed by atoms with Gasteiger partial charge in [0, 0.05) is 18.0 Å². The van der Waals surface area contributed by atoms with Crippen LogP contribution in [0.4, 0.5) is 0 Å². The summed E-state index contributed by atoms with van der Waals surface area (Å²) in [5, 5.41) is 21.7. The van der Waals surface area contributed by atoms with Crippen LogP contribution in [0.15, 0.2) is 52.5 Å². The number of carbonyl (C=O) groups is 1. The molecule has 8 nitrogen and oxygen atoms in total. The predicted octanol–water partition coefficient (Wildman–Crippen LogP) is 3.42. The Morgan fingerprint density at radius 2 is 2.13 bits per heavy atom. The zero-order valence-corrected chi connectivity index (χ0v) is 17.3. The molecule has 30 heavy (non-hydrogen) atoms. The highest BCUT2D eigenvalue weighted by Gasteiger charge is 2.33. The molecule has 4 rings (SSSR count). The Hall–Kier alpha value is -3.12. The minimum Gasteiger partial charge on any atom is -0.467 e. The van der Waals surface area contributed by atoms with Crippen molar-refractivity contribution in [2.75, 3.05) is 5.75 Å². The lowest BCUT2D eigenvalue weighted by molar-refractivity contribution is -0.120. The van der Waals surface area contributed by atoms with E-state index in [0.717, 1.165) is 30.6 Å². The SMILES string of the molecule is N#CC1(NC(=O)CSc2nnc(-c3cccnc3)n2Cc2ccco2)CCCCC1. The highest BCUT2D eigenvalue weighted by molar-refractivity contribution is 7.99. The number of hydrogen-bond acceptors (Lipinski definition) is 7. The van der Waals surface area contributed by atoms with Gasteiger partial charge in [0.05, 0.1) is 24.6 Å². The fourth-order valence-electron chi connectivity index (χ4n) is 3.66. The Morgan fingerprint density at radius 1 is 1.27 bits per heavy atom. The molecular weight excluding hydrogens is 400 g/mol. The van der Waals surface area contributed by atoms with Gasteiger partial charge in [-0.25, -0.2) is 0 Å². The van der Waals surface area contributed by atoms with Crippen LogP contribution in [-0.4, -0.2) is 36.9 Å². The number of furan rings is 1. The zero-order valence-electron chi connectivity index (χ0n) is 16.5. The second-order valence-electron chi connectivity index (χ2n) is 7.30. The first kappa shape index (κ1) is 20.2. The molecule has 154 valence electrons. The maximum Gasteiger partial charge on any atom is 0.231 e. The van der Waals surface area contributed by atoms with Gasteiger partial charge < -0.3 is 9.73 Å². The van der Waals surface area contributed by atoms with E-state index in [2.05, 4.69) is 26.6 Å². The van der Waals surface area contributed by atoms with Gasteiger partial charge in [-0.2, -0.15) is 5.26 Å². The number of aromatic nitrogens is 4. The van der Waals surface area contributed by atoms with Crippen LogP contribution in [0.2, 0.25) is 0 Å². The summed E-state index contributed by atoms with van der Waals surface area (Å²) in [4.78, 5) is 16.7. The van der Waals surface area contributed by atoms with E-state index in [4.69, 9.17) is 4.42 Å². The van der Waals surface area contributed by atoms with E-state index in [0.29, 0.717) is 30.4 Å². The molecule has 3 heterocycles. The maximum atomic E-state index is 12.6. The number of hydrogen-bond donors (Lipinski definition) is 1. The second-order valence-corrected chi connectivity index (χ2v) is 8.25. The van der Waals surface area contributed by atoms with Crippen molar-refractivity contribution in [1.29, 1.82) is 5.26 Å². The van der Waals surface area contributed by atoms with Crippen molar-refractivity contribution in [2.24, 2.45) is 0 Å². The Morgan fingerprint density at radius 3 is 2.83 bits per heavy atom. The first-order valence-corrected chi connectivity index (χ1v) is 10.9. The Balaban J connectivity index is 1.50. The highest BCUT2D eigenvalue weighted by Crippen LogP contribution is 2.28. The molecule has 3 aromatic heterocycles. The summed E-state index contributed by atoms with van der Waals surface area (Å²) in [6.45, 7) is 0.441. The molecule has 1 saturated carbocycles. The number of pyridine rings is 1. The number of nitrogens with one attached hydrogen (secondary N) is 1. The third-order valence-electron chi connectivity index (χ3n) is 5.16. The van der Waals surface area contributed by atoms with Gasteiger partial charge in [0.25, 0.3) is 0 Å². The van der Waals surface area contributed by atoms with Gasteiger partial charge in [0.2, 0.25) is 5.91 Å². The van der Waals surface area contributed by atoms with E-state index in [9.17, 15) is 10.1 Å². The molecule has 1 N–H and O–H groups in total. The molecule has 1 fully saturated rings. The summed E-state index contributed by atoms with van der Waals surface area (Å²) < 4.78 is 7.40. The van der Waals surface area contributed by atoms with Gasteiger partial charge in [-0.3, -0.25) is 14.3 Å². The lowest BCUT2D eigenvalue weighted by Gasteiger charge is -2.31. The predicted molar refractivity (Wildman–Crippen MR) is 111 cm³/mol. The fraction of sp³-hybridized carbons (Fsp3) is 0.381. The molecule has 0 unspecified atom stereocenters. The molecule has 0 spiro atoms. The molecule has 0 atom stereocenters. The van der Waals surface area contributed by atoms with Gasteiger partial charge in [-0.05, 0) is 37.1 Å². The third-order valence-corrected chi connectivity index (χ3v) is 6.13. The number of rotatable bonds is 7. The number of thioether (sulfide) groups is 1. The molecule has 1 aliphatic carbocycles. The molecule has 1 aliphatic rings. The van der Waals surface area contributed by atoms with E-state index in [1.807, 2.05) is 28.8 Å². The Bertz CT molecular complexity index is 1020. The van der Waals surface area contributed by atoms with Crippen LogP contribution in [0.1, 0.15) is 37.9 Å². The smallest absolute Gasteiger partial charge is 0.231 e. The monoisotopic (exact) mass is 422 g/mol. The van der Waals surface area contributed by atoms with Crippen LogP contribution in [0.5, 0.6) is 0 Å². The number of amides is 1. The van der Waals surface area contributed by atoms with Crippen LogP contribution in [0, 0.1) is 11.3 Å². The number of carbonyl (C=O) groups excluding carboxylic acids is 1. The second kappa shape index (κ2) is 9.13. The van der Waals surface area contributed by atoms with E-state index in [-0.39, 0.29) is 11.7 Å². The number of nitrogens with zero attached hydrogens (tertiary/aromatic N) is 5. The van der Waals surface area contributed by atoms with E-state index in [1.165, 1.54) is 11.8 Å². The van der Waals surface area contributed by atoms with E-state index >= 15 is 0 Å². The summed E-state index contributed by atoms with van der Waals surface area (Å²) in [6.07, 6.45) is 9.51. The average molecular weight is 423 g/mol. The van der Waals surface area contributed by atoms with Crippen molar-refractivity contribution in [3.05, 3.63) is 48.7 Å². The summed E-state index contributed by atoms with van der Waals surface area (Å²) >= 11 is 1.30. The normalized spacial score (nSPS) is 15.4. The fourth-order valence-corrected chi connectivity index (χ4v) is 4.40. The molecule has 0 aliphatic heterocycles. The van der Waals surface area contributed by atoms with Gasteiger partial charge in [0.15, 0.2) is 11.0 Å². The van der Waals surface area contributed by atoms with Crippen LogP contribution in [0.25, 0.3) is 11.4 Å². The Labute approximate surface area is 178 Å². The lowest BCUT2D eigenvalue weighted by atomic mass is 9.83. The number of nitriles is 1. The molecule has 9 heteroatoms. The highest BCUT2D eigenvalue weighted by atomic mass is 32.2. The van der Waals surface area contributed by atoms with Gasteiger partial charge in [-0.1, -0.05) is 31.0 Å². The largest absolute Gasteiger partial charge is 0.467 e. The van der Waals surface area contributed by atoms with E-state index < -0.39 is 5.54 Å². The van der Waals surface area contributed by atoms with Crippen molar-refractivity contribution in [2.45, 2.75) is 49.3 Å². The van der Waals surface area contributed by atoms with Crippen LogP contribution in [0.3, 0.4) is 0 Å².